The van der Waals surface area contributed by atoms with E-state index in [2.05, 4.69) is 20.9 Å². The van der Waals surface area contributed by atoms with Gasteiger partial charge in [0.05, 0.1) is 5.69 Å². The molecule has 0 saturated heterocycles. The topological polar surface area (TPSA) is 27.1 Å². The number of halogens is 2. The third-order valence-electron chi connectivity index (χ3n) is 4.15. The molecule has 4 rings (SSSR count). The predicted molar refractivity (Wildman–Crippen MR) is 112 cm³/mol. The molecule has 0 radical (unpaired) electrons. The lowest BCUT2D eigenvalue weighted by Gasteiger charge is -2.14. The van der Waals surface area contributed by atoms with Crippen LogP contribution in [-0.2, 0) is 6.61 Å². The fraction of sp³-hybridized carbons (Fsp3) is 0.0455. The monoisotopic (exact) mass is 438 g/mol. The van der Waals surface area contributed by atoms with E-state index in [4.69, 9.17) is 16.3 Å². The number of hydrogen-bond donors (Lipinski definition) is 0. The maximum atomic E-state index is 6.29. The summed E-state index contributed by atoms with van der Waals surface area (Å²) in [5.74, 6) is 1.59. The summed E-state index contributed by atoms with van der Waals surface area (Å²) in [4.78, 5) is 4.55. The first-order valence-corrected chi connectivity index (χ1v) is 9.65. The predicted octanol–water partition coefficient (Wildman–Crippen LogP) is 6.53. The van der Waals surface area contributed by atoms with Gasteiger partial charge >= 0.3 is 0 Å². The molecule has 0 saturated carbocycles. The van der Waals surface area contributed by atoms with Gasteiger partial charge in [0.25, 0.3) is 0 Å². The first-order chi connectivity index (χ1) is 13.2. The van der Waals surface area contributed by atoms with E-state index in [0.717, 1.165) is 33.0 Å². The molecule has 4 aromatic rings. The lowest BCUT2D eigenvalue weighted by molar-refractivity contribution is 0.307. The molecule has 0 N–H and O–H groups in total. The van der Waals surface area contributed by atoms with Crippen molar-refractivity contribution in [3.8, 4) is 22.8 Å². The van der Waals surface area contributed by atoms with E-state index in [0.29, 0.717) is 11.6 Å². The average molecular weight is 440 g/mol. The van der Waals surface area contributed by atoms with Gasteiger partial charge in [-0.1, -0.05) is 48.0 Å². The molecule has 0 aliphatic carbocycles. The second kappa shape index (κ2) is 7.99. The lowest BCUT2D eigenvalue weighted by Crippen LogP contribution is -2.01. The molecular weight excluding hydrogens is 424 g/mol. The van der Waals surface area contributed by atoms with Crippen molar-refractivity contribution < 1.29 is 4.74 Å². The van der Waals surface area contributed by atoms with Crippen LogP contribution in [0.5, 0.6) is 5.75 Å². The van der Waals surface area contributed by atoms with Crippen molar-refractivity contribution in [1.82, 2.24) is 9.55 Å². The van der Waals surface area contributed by atoms with Gasteiger partial charge in [0.2, 0.25) is 0 Å². The molecule has 5 heteroatoms. The van der Waals surface area contributed by atoms with Crippen LogP contribution in [0.15, 0.2) is 89.7 Å². The Morgan fingerprint density at radius 1 is 0.926 bits per heavy atom. The minimum absolute atomic E-state index is 0.491. The molecule has 0 fully saturated rings. The second-order valence-corrected chi connectivity index (χ2v) is 7.25. The number of pyridine rings is 1. The molecule has 3 nitrogen and oxygen atoms in total. The summed E-state index contributed by atoms with van der Waals surface area (Å²) >= 11 is 9.72. The van der Waals surface area contributed by atoms with E-state index >= 15 is 0 Å². The van der Waals surface area contributed by atoms with E-state index in [1.807, 2.05) is 89.6 Å². The zero-order valence-corrected chi connectivity index (χ0v) is 16.7. The third-order valence-corrected chi connectivity index (χ3v) is 4.83. The molecule has 0 atom stereocenters. The summed E-state index contributed by atoms with van der Waals surface area (Å²) in [6, 6.07) is 25.6. The number of benzene rings is 2. The number of ether oxygens (including phenoxy) is 1. The lowest BCUT2D eigenvalue weighted by atomic mass is 10.1. The van der Waals surface area contributed by atoms with E-state index in [9.17, 15) is 0 Å². The fourth-order valence-electron chi connectivity index (χ4n) is 2.90. The maximum Gasteiger partial charge on any atom is 0.138 e. The van der Waals surface area contributed by atoms with Crippen LogP contribution < -0.4 is 4.74 Å². The highest BCUT2D eigenvalue weighted by Crippen LogP contribution is 2.34. The van der Waals surface area contributed by atoms with E-state index in [1.165, 1.54) is 0 Å². The van der Waals surface area contributed by atoms with Gasteiger partial charge < -0.3 is 9.30 Å². The second-order valence-electron chi connectivity index (χ2n) is 6.00. The van der Waals surface area contributed by atoms with Crippen LogP contribution in [-0.4, -0.2) is 9.55 Å². The van der Waals surface area contributed by atoms with Gasteiger partial charge in [-0.05, 0) is 64.0 Å². The Morgan fingerprint density at radius 2 is 1.78 bits per heavy atom. The molecule has 0 aliphatic heterocycles. The largest absolute Gasteiger partial charge is 0.488 e. The van der Waals surface area contributed by atoms with Crippen molar-refractivity contribution in [2.75, 3.05) is 0 Å². The Kier molecular flexibility index (Phi) is 5.28. The Bertz CT molecular complexity index is 1060. The van der Waals surface area contributed by atoms with Crippen LogP contribution in [0.4, 0.5) is 0 Å². The van der Waals surface area contributed by atoms with Crippen molar-refractivity contribution in [2.45, 2.75) is 6.61 Å². The minimum Gasteiger partial charge on any atom is -0.488 e. The van der Waals surface area contributed by atoms with Gasteiger partial charge in [0, 0.05) is 16.8 Å². The normalized spacial score (nSPS) is 10.7. The Labute approximate surface area is 171 Å². The van der Waals surface area contributed by atoms with Gasteiger partial charge in [-0.15, -0.1) is 0 Å². The molecule has 0 unspecified atom stereocenters. The number of hydrogen-bond acceptors (Lipinski definition) is 2. The highest BCUT2D eigenvalue weighted by atomic mass is 79.9. The van der Waals surface area contributed by atoms with Gasteiger partial charge in [-0.2, -0.15) is 0 Å². The van der Waals surface area contributed by atoms with Crippen molar-refractivity contribution in [3.63, 3.8) is 0 Å². The zero-order chi connectivity index (χ0) is 18.6. The third kappa shape index (κ3) is 4.07. The van der Waals surface area contributed by atoms with Gasteiger partial charge in [0.15, 0.2) is 0 Å². The first kappa shape index (κ1) is 17.8. The zero-order valence-electron chi connectivity index (χ0n) is 14.3. The van der Waals surface area contributed by atoms with Gasteiger partial charge in [-0.3, -0.25) is 0 Å². The van der Waals surface area contributed by atoms with Crippen LogP contribution in [0.25, 0.3) is 17.1 Å². The summed E-state index contributed by atoms with van der Waals surface area (Å²) in [5.41, 5.74) is 3.00. The summed E-state index contributed by atoms with van der Waals surface area (Å²) < 4.78 is 8.92. The van der Waals surface area contributed by atoms with Crippen molar-refractivity contribution in [1.29, 1.82) is 0 Å². The Morgan fingerprint density at radius 3 is 2.59 bits per heavy atom. The molecule has 0 spiro atoms. The summed E-state index contributed by atoms with van der Waals surface area (Å²) in [6.07, 6.45) is 1.98. The molecule has 2 heterocycles. The standard InChI is InChI=1S/C22H16BrClN2O/c23-21-9-4-10-22(25-21)26-13-5-8-19(26)18-14-17(24)11-12-20(18)27-15-16-6-2-1-3-7-16/h1-14H,15H2. The van der Waals surface area contributed by atoms with E-state index < -0.39 is 0 Å². The molecule has 134 valence electrons. The van der Waals surface area contributed by atoms with Crippen molar-refractivity contribution in [3.05, 3.63) is 100 Å². The smallest absolute Gasteiger partial charge is 0.138 e. The van der Waals surface area contributed by atoms with Crippen molar-refractivity contribution in [2.24, 2.45) is 0 Å². The quantitative estimate of drug-likeness (QED) is 0.330. The van der Waals surface area contributed by atoms with E-state index in [-0.39, 0.29) is 0 Å². The van der Waals surface area contributed by atoms with Crippen LogP contribution >= 0.6 is 27.5 Å². The van der Waals surface area contributed by atoms with Crippen LogP contribution in [0.2, 0.25) is 5.02 Å². The molecule has 0 aliphatic rings. The fourth-order valence-corrected chi connectivity index (χ4v) is 3.40. The molecule has 0 bridgehead atoms. The summed E-state index contributed by atoms with van der Waals surface area (Å²) in [7, 11) is 0. The van der Waals surface area contributed by atoms with Crippen LogP contribution in [0, 0.1) is 0 Å². The Balaban J connectivity index is 1.72. The summed E-state index contributed by atoms with van der Waals surface area (Å²) in [6.45, 7) is 0.491. The molecule has 2 aromatic carbocycles. The van der Waals surface area contributed by atoms with Crippen LogP contribution in [0.3, 0.4) is 0 Å². The SMILES string of the molecule is Clc1ccc(OCc2ccccc2)c(-c2cccn2-c2cccc(Br)n2)c1. The van der Waals surface area contributed by atoms with Gasteiger partial charge in [-0.25, -0.2) is 4.98 Å². The first-order valence-electron chi connectivity index (χ1n) is 8.48. The molecule has 0 amide bonds. The summed E-state index contributed by atoms with van der Waals surface area (Å²) in [5, 5.41) is 0.659. The average Bonchev–Trinajstić information content (AvgIpc) is 3.17. The molecule has 27 heavy (non-hydrogen) atoms. The highest BCUT2D eigenvalue weighted by Gasteiger charge is 2.13. The number of nitrogens with zero attached hydrogens (tertiary/aromatic N) is 2. The van der Waals surface area contributed by atoms with Gasteiger partial charge in [0.1, 0.15) is 22.8 Å². The number of rotatable bonds is 5. The van der Waals surface area contributed by atoms with E-state index in [1.54, 1.807) is 0 Å². The maximum absolute atomic E-state index is 6.29. The molecular formula is C22H16BrClN2O. The van der Waals surface area contributed by atoms with Crippen molar-refractivity contribution >= 4 is 27.5 Å². The number of aromatic nitrogens is 2. The van der Waals surface area contributed by atoms with Crippen LogP contribution in [0.1, 0.15) is 5.56 Å². The highest BCUT2D eigenvalue weighted by molar-refractivity contribution is 9.10. The minimum atomic E-state index is 0.491. The Hall–Kier alpha value is -2.56. The molecule has 2 aromatic heterocycles.